The highest BCUT2D eigenvalue weighted by molar-refractivity contribution is 7.88. The highest BCUT2D eigenvalue weighted by Crippen LogP contribution is 2.17. The van der Waals surface area contributed by atoms with Crippen molar-refractivity contribution in [3.05, 3.63) is 29.3 Å². The standard InChI is InChI=1S/C14H21N3O2S2/c1-11-4-5-13(12(2)10-11)15-14(20)16-6-8-17(9-7-16)21(3,18)19/h4-5,10H,6-9H2,1-3H3,(H,15,20). The maximum absolute atomic E-state index is 11.5. The molecule has 1 aromatic carbocycles. The molecular formula is C14H21N3O2S2. The van der Waals surface area contributed by atoms with Crippen LogP contribution in [0, 0.1) is 13.8 Å². The fourth-order valence-electron chi connectivity index (χ4n) is 2.37. The second-order valence-electron chi connectivity index (χ2n) is 5.40. The van der Waals surface area contributed by atoms with Crippen LogP contribution in [0.1, 0.15) is 11.1 Å². The molecule has 0 unspecified atom stereocenters. The van der Waals surface area contributed by atoms with E-state index in [-0.39, 0.29) is 0 Å². The van der Waals surface area contributed by atoms with Crippen molar-refractivity contribution in [2.24, 2.45) is 0 Å². The van der Waals surface area contributed by atoms with E-state index >= 15 is 0 Å². The molecule has 21 heavy (non-hydrogen) atoms. The Labute approximate surface area is 132 Å². The van der Waals surface area contributed by atoms with Crippen molar-refractivity contribution in [1.29, 1.82) is 0 Å². The third-order valence-corrected chi connectivity index (χ3v) is 5.28. The normalized spacial score (nSPS) is 16.8. The summed E-state index contributed by atoms with van der Waals surface area (Å²) in [5.74, 6) is 0. The Hall–Kier alpha value is -1.18. The van der Waals surface area contributed by atoms with Crippen LogP contribution in [0.4, 0.5) is 5.69 Å². The van der Waals surface area contributed by atoms with Crippen molar-refractivity contribution < 1.29 is 8.42 Å². The number of rotatable bonds is 2. The van der Waals surface area contributed by atoms with Gasteiger partial charge in [0.1, 0.15) is 0 Å². The van der Waals surface area contributed by atoms with Gasteiger partial charge in [0.15, 0.2) is 5.11 Å². The monoisotopic (exact) mass is 327 g/mol. The zero-order chi connectivity index (χ0) is 15.6. The van der Waals surface area contributed by atoms with Gasteiger partial charge in [-0.2, -0.15) is 4.31 Å². The van der Waals surface area contributed by atoms with E-state index in [9.17, 15) is 8.42 Å². The van der Waals surface area contributed by atoms with E-state index in [0.717, 1.165) is 11.3 Å². The quantitative estimate of drug-likeness (QED) is 0.836. The van der Waals surface area contributed by atoms with Gasteiger partial charge in [0.05, 0.1) is 6.26 Å². The van der Waals surface area contributed by atoms with Crippen LogP contribution in [0.5, 0.6) is 0 Å². The van der Waals surface area contributed by atoms with Crippen LogP contribution < -0.4 is 5.32 Å². The first-order valence-electron chi connectivity index (χ1n) is 6.85. The first kappa shape index (κ1) is 16.2. The number of thiocarbonyl (C=S) groups is 1. The Balaban J connectivity index is 1.96. The SMILES string of the molecule is Cc1ccc(NC(=S)N2CCN(S(C)(=O)=O)CC2)c(C)c1. The number of nitrogens with zero attached hydrogens (tertiary/aromatic N) is 2. The van der Waals surface area contributed by atoms with Gasteiger partial charge >= 0.3 is 0 Å². The van der Waals surface area contributed by atoms with Gasteiger partial charge in [0, 0.05) is 31.9 Å². The van der Waals surface area contributed by atoms with Crippen LogP contribution in [-0.4, -0.2) is 55.2 Å². The van der Waals surface area contributed by atoms with Crippen molar-refractivity contribution >= 4 is 33.0 Å². The van der Waals surface area contributed by atoms with Crippen LogP contribution in [-0.2, 0) is 10.0 Å². The van der Waals surface area contributed by atoms with Crippen molar-refractivity contribution in [1.82, 2.24) is 9.21 Å². The minimum absolute atomic E-state index is 0.480. The van der Waals surface area contributed by atoms with Gasteiger partial charge in [0.25, 0.3) is 0 Å². The average molecular weight is 327 g/mol. The Kier molecular flexibility index (Phi) is 4.85. The van der Waals surface area contributed by atoms with Gasteiger partial charge in [0.2, 0.25) is 10.0 Å². The van der Waals surface area contributed by atoms with Crippen molar-refractivity contribution in [3.8, 4) is 0 Å². The third-order valence-electron chi connectivity index (χ3n) is 3.62. The van der Waals surface area contributed by atoms with E-state index in [1.807, 2.05) is 24.0 Å². The molecule has 0 bridgehead atoms. The van der Waals surface area contributed by atoms with Crippen LogP contribution in [0.25, 0.3) is 0 Å². The van der Waals surface area contributed by atoms with Crippen LogP contribution in [0.2, 0.25) is 0 Å². The highest BCUT2D eigenvalue weighted by atomic mass is 32.2. The van der Waals surface area contributed by atoms with E-state index in [1.165, 1.54) is 16.1 Å². The number of piperazine rings is 1. The molecule has 1 saturated heterocycles. The van der Waals surface area contributed by atoms with Gasteiger partial charge in [-0.25, -0.2) is 8.42 Å². The maximum Gasteiger partial charge on any atom is 0.211 e. The molecule has 116 valence electrons. The summed E-state index contributed by atoms with van der Waals surface area (Å²) in [5, 5.41) is 3.90. The van der Waals surface area contributed by atoms with Crippen molar-refractivity contribution in [3.63, 3.8) is 0 Å². The van der Waals surface area contributed by atoms with Crippen LogP contribution >= 0.6 is 12.2 Å². The molecule has 0 atom stereocenters. The molecule has 2 rings (SSSR count). The van der Waals surface area contributed by atoms with E-state index in [1.54, 1.807) is 0 Å². The van der Waals surface area contributed by atoms with E-state index in [0.29, 0.717) is 31.3 Å². The topological polar surface area (TPSA) is 52.6 Å². The number of benzene rings is 1. The number of anilines is 1. The summed E-state index contributed by atoms with van der Waals surface area (Å²) in [6.45, 7) is 6.29. The summed E-state index contributed by atoms with van der Waals surface area (Å²) < 4.78 is 24.5. The Bertz CT molecular complexity index is 636. The lowest BCUT2D eigenvalue weighted by atomic mass is 10.1. The molecule has 1 fully saturated rings. The first-order chi connectivity index (χ1) is 9.77. The van der Waals surface area contributed by atoms with Gasteiger partial charge in [-0.1, -0.05) is 17.7 Å². The second-order valence-corrected chi connectivity index (χ2v) is 7.77. The predicted octanol–water partition coefficient (Wildman–Crippen LogP) is 1.58. The number of sulfonamides is 1. The Morgan fingerprint density at radius 2 is 1.81 bits per heavy atom. The lowest BCUT2D eigenvalue weighted by Crippen LogP contribution is -2.51. The lowest BCUT2D eigenvalue weighted by Gasteiger charge is -2.35. The minimum Gasteiger partial charge on any atom is -0.346 e. The van der Waals surface area contributed by atoms with E-state index < -0.39 is 10.0 Å². The smallest absolute Gasteiger partial charge is 0.211 e. The molecule has 1 heterocycles. The second kappa shape index (κ2) is 6.29. The molecule has 0 aliphatic carbocycles. The van der Waals surface area contributed by atoms with E-state index in [2.05, 4.69) is 18.3 Å². The number of nitrogens with one attached hydrogen (secondary N) is 1. The molecule has 1 aliphatic heterocycles. The van der Waals surface area contributed by atoms with Gasteiger partial charge in [-0.05, 0) is 37.7 Å². The van der Waals surface area contributed by atoms with Gasteiger partial charge in [-0.3, -0.25) is 0 Å². The molecule has 1 aliphatic rings. The molecule has 7 heteroatoms. The molecular weight excluding hydrogens is 306 g/mol. The minimum atomic E-state index is -3.10. The predicted molar refractivity (Wildman–Crippen MR) is 90.1 cm³/mol. The molecule has 1 N–H and O–H groups in total. The molecule has 0 radical (unpaired) electrons. The molecule has 0 saturated carbocycles. The Morgan fingerprint density at radius 3 is 2.33 bits per heavy atom. The highest BCUT2D eigenvalue weighted by Gasteiger charge is 2.24. The zero-order valence-electron chi connectivity index (χ0n) is 12.6. The summed E-state index contributed by atoms with van der Waals surface area (Å²) in [5.41, 5.74) is 3.36. The van der Waals surface area contributed by atoms with Crippen LogP contribution in [0.3, 0.4) is 0 Å². The van der Waals surface area contributed by atoms with Crippen LogP contribution in [0.15, 0.2) is 18.2 Å². The van der Waals surface area contributed by atoms with E-state index in [4.69, 9.17) is 12.2 Å². The molecule has 0 amide bonds. The average Bonchev–Trinajstić information content (AvgIpc) is 2.41. The summed E-state index contributed by atoms with van der Waals surface area (Å²) in [4.78, 5) is 2.01. The fourth-order valence-corrected chi connectivity index (χ4v) is 3.49. The number of hydrogen-bond acceptors (Lipinski definition) is 3. The molecule has 1 aromatic rings. The lowest BCUT2D eigenvalue weighted by molar-refractivity contribution is 0.270. The maximum atomic E-state index is 11.5. The number of hydrogen-bond donors (Lipinski definition) is 1. The third kappa shape index (κ3) is 4.15. The largest absolute Gasteiger partial charge is 0.346 e. The Morgan fingerprint density at radius 1 is 1.19 bits per heavy atom. The molecule has 0 spiro atoms. The molecule has 0 aromatic heterocycles. The molecule has 5 nitrogen and oxygen atoms in total. The number of aryl methyl sites for hydroxylation is 2. The van der Waals surface area contributed by atoms with Gasteiger partial charge < -0.3 is 10.2 Å². The summed E-state index contributed by atoms with van der Waals surface area (Å²) in [7, 11) is -3.10. The summed E-state index contributed by atoms with van der Waals surface area (Å²) >= 11 is 5.43. The summed E-state index contributed by atoms with van der Waals surface area (Å²) in [6.07, 6.45) is 1.24. The fraction of sp³-hybridized carbons (Fsp3) is 0.500. The van der Waals surface area contributed by atoms with Crippen molar-refractivity contribution in [2.75, 3.05) is 37.8 Å². The summed E-state index contributed by atoms with van der Waals surface area (Å²) in [6, 6.07) is 6.16. The van der Waals surface area contributed by atoms with Gasteiger partial charge in [-0.15, -0.1) is 0 Å². The van der Waals surface area contributed by atoms with Crippen molar-refractivity contribution in [2.45, 2.75) is 13.8 Å². The zero-order valence-corrected chi connectivity index (χ0v) is 14.2. The first-order valence-corrected chi connectivity index (χ1v) is 9.11.